The molecule has 0 aliphatic carbocycles. The molecule has 0 saturated carbocycles. The van der Waals surface area contributed by atoms with Gasteiger partial charge in [-0.25, -0.2) is 0 Å². The Labute approximate surface area is 112 Å². The van der Waals surface area contributed by atoms with Crippen molar-refractivity contribution < 1.29 is 0 Å². The fourth-order valence-corrected chi connectivity index (χ4v) is 2.25. The number of aromatic nitrogens is 2. The first-order valence-corrected chi connectivity index (χ1v) is 7.68. The lowest BCUT2D eigenvalue weighted by molar-refractivity contribution is 0.555. The highest BCUT2D eigenvalue weighted by Gasteiger charge is 1.95. The zero-order valence-corrected chi connectivity index (χ0v) is 11.9. The summed E-state index contributed by atoms with van der Waals surface area (Å²) in [5.41, 5.74) is 1.14. The molecule has 0 unspecified atom stereocenters. The van der Waals surface area contributed by atoms with Gasteiger partial charge in [0.2, 0.25) is 0 Å². The second kappa shape index (κ2) is 11.2. The summed E-state index contributed by atoms with van der Waals surface area (Å²) < 4.78 is 0. The van der Waals surface area contributed by atoms with Crippen molar-refractivity contribution in [3.05, 3.63) is 24.3 Å². The van der Waals surface area contributed by atoms with Gasteiger partial charge in [0.05, 0.1) is 5.69 Å². The fraction of sp³-hybridized carbons (Fsp3) is 0.750. The molecule has 18 heavy (non-hydrogen) atoms. The van der Waals surface area contributed by atoms with Crippen molar-refractivity contribution in [3.63, 3.8) is 0 Å². The normalized spacial score (nSPS) is 10.7. The monoisotopic (exact) mass is 248 g/mol. The van der Waals surface area contributed by atoms with Crippen LogP contribution in [-0.2, 0) is 6.42 Å². The Kier molecular flexibility index (Phi) is 9.41. The van der Waals surface area contributed by atoms with Crippen molar-refractivity contribution in [2.75, 3.05) is 0 Å². The average molecular weight is 248 g/mol. The van der Waals surface area contributed by atoms with Crippen LogP contribution in [0.1, 0.15) is 76.8 Å². The number of hydrogen-bond donors (Lipinski definition) is 0. The second-order valence-electron chi connectivity index (χ2n) is 5.13. The second-order valence-corrected chi connectivity index (χ2v) is 5.13. The summed E-state index contributed by atoms with van der Waals surface area (Å²) >= 11 is 0. The molecule has 0 atom stereocenters. The number of nitrogens with zero attached hydrogens (tertiary/aromatic N) is 2. The molecule has 0 fully saturated rings. The smallest absolute Gasteiger partial charge is 0.0586 e. The van der Waals surface area contributed by atoms with Crippen LogP contribution in [0.2, 0.25) is 0 Å². The first kappa shape index (κ1) is 15.1. The molecule has 2 nitrogen and oxygen atoms in total. The third kappa shape index (κ3) is 8.21. The van der Waals surface area contributed by atoms with Crippen molar-refractivity contribution in [1.82, 2.24) is 9.97 Å². The molecule has 0 spiro atoms. The predicted molar refractivity (Wildman–Crippen MR) is 77.6 cm³/mol. The van der Waals surface area contributed by atoms with Crippen molar-refractivity contribution in [1.29, 1.82) is 0 Å². The molecule has 0 N–H and O–H groups in total. The Hall–Kier alpha value is -0.920. The molecule has 102 valence electrons. The maximum absolute atomic E-state index is 4.29. The van der Waals surface area contributed by atoms with Crippen molar-refractivity contribution in [2.24, 2.45) is 0 Å². The van der Waals surface area contributed by atoms with Crippen LogP contribution in [0.3, 0.4) is 0 Å². The molecule has 0 amide bonds. The largest absolute Gasteiger partial charge is 0.261 e. The van der Waals surface area contributed by atoms with E-state index in [1.807, 2.05) is 6.20 Å². The van der Waals surface area contributed by atoms with E-state index in [0.717, 1.165) is 12.1 Å². The number of rotatable bonds is 11. The predicted octanol–water partition coefficient (Wildman–Crippen LogP) is 4.94. The molecular formula is C16H28N2. The van der Waals surface area contributed by atoms with Gasteiger partial charge in [0.15, 0.2) is 0 Å². The molecule has 1 rings (SSSR count). The van der Waals surface area contributed by atoms with E-state index in [2.05, 4.69) is 16.9 Å². The first-order chi connectivity index (χ1) is 8.93. The zero-order chi connectivity index (χ0) is 12.9. The van der Waals surface area contributed by atoms with Gasteiger partial charge in [-0.1, -0.05) is 64.7 Å². The summed E-state index contributed by atoms with van der Waals surface area (Å²) in [6, 6.07) is 0. The Morgan fingerprint density at radius 3 is 1.94 bits per heavy atom. The van der Waals surface area contributed by atoms with Gasteiger partial charge in [-0.2, -0.15) is 0 Å². The lowest BCUT2D eigenvalue weighted by Crippen LogP contribution is -1.90. The average Bonchev–Trinajstić information content (AvgIpc) is 2.42. The highest BCUT2D eigenvalue weighted by Crippen LogP contribution is 2.11. The van der Waals surface area contributed by atoms with E-state index in [0.29, 0.717) is 0 Å². The van der Waals surface area contributed by atoms with Crippen LogP contribution in [0.5, 0.6) is 0 Å². The van der Waals surface area contributed by atoms with Gasteiger partial charge in [-0.05, 0) is 12.8 Å². The fourth-order valence-electron chi connectivity index (χ4n) is 2.25. The summed E-state index contributed by atoms with van der Waals surface area (Å²) in [7, 11) is 0. The third-order valence-electron chi connectivity index (χ3n) is 3.40. The van der Waals surface area contributed by atoms with E-state index < -0.39 is 0 Å². The summed E-state index contributed by atoms with van der Waals surface area (Å²) in [6.45, 7) is 2.27. The van der Waals surface area contributed by atoms with Crippen LogP contribution < -0.4 is 0 Å². The molecule has 1 aromatic rings. The highest BCUT2D eigenvalue weighted by atomic mass is 14.8. The van der Waals surface area contributed by atoms with E-state index >= 15 is 0 Å². The molecule has 0 saturated heterocycles. The third-order valence-corrected chi connectivity index (χ3v) is 3.40. The minimum Gasteiger partial charge on any atom is -0.261 e. The van der Waals surface area contributed by atoms with Crippen LogP contribution >= 0.6 is 0 Å². The molecule has 1 heterocycles. The molecular weight excluding hydrogens is 220 g/mol. The lowest BCUT2D eigenvalue weighted by atomic mass is 10.1. The van der Waals surface area contributed by atoms with Gasteiger partial charge in [0.1, 0.15) is 0 Å². The van der Waals surface area contributed by atoms with E-state index in [1.54, 1.807) is 12.4 Å². The van der Waals surface area contributed by atoms with Crippen LogP contribution in [0.15, 0.2) is 18.6 Å². The van der Waals surface area contributed by atoms with Crippen LogP contribution in [0, 0.1) is 0 Å². The molecule has 1 aromatic heterocycles. The molecule has 2 heteroatoms. The minimum atomic E-state index is 1.09. The van der Waals surface area contributed by atoms with Gasteiger partial charge in [0, 0.05) is 18.6 Å². The standard InChI is InChI=1S/C16H28N2/c1-2-3-4-5-6-7-8-9-10-11-12-16-15-17-13-14-18-16/h13-15H,2-12H2,1H3. The highest BCUT2D eigenvalue weighted by molar-refractivity contribution is 4.94. The molecule has 0 bridgehead atoms. The van der Waals surface area contributed by atoms with Crippen molar-refractivity contribution >= 4 is 0 Å². The van der Waals surface area contributed by atoms with E-state index in [-0.39, 0.29) is 0 Å². The van der Waals surface area contributed by atoms with Crippen LogP contribution in [-0.4, -0.2) is 9.97 Å². The molecule has 0 aliphatic heterocycles. The summed E-state index contributed by atoms with van der Waals surface area (Å²) in [4.78, 5) is 8.38. The Morgan fingerprint density at radius 2 is 1.39 bits per heavy atom. The van der Waals surface area contributed by atoms with Crippen LogP contribution in [0.25, 0.3) is 0 Å². The van der Waals surface area contributed by atoms with Crippen molar-refractivity contribution in [2.45, 2.75) is 77.6 Å². The molecule has 0 aliphatic rings. The van der Waals surface area contributed by atoms with Crippen LogP contribution in [0.4, 0.5) is 0 Å². The van der Waals surface area contributed by atoms with Gasteiger partial charge >= 0.3 is 0 Å². The SMILES string of the molecule is CCCCCCCCCCCCc1cnccn1. The summed E-state index contributed by atoms with van der Waals surface area (Å²) in [5, 5.41) is 0. The summed E-state index contributed by atoms with van der Waals surface area (Å²) in [6.07, 6.45) is 20.4. The summed E-state index contributed by atoms with van der Waals surface area (Å²) in [5.74, 6) is 0. The topological polar surface area (TPSA) is 25.8 Å². The number of unbranched alkanes of at least 4 members (excludes halogenated alkanes) is 9. The quantitative estimate of drug-likeness (QED) is 0.518. The maximum atomic E-state index is 4.29. The van der Waals surface area contributed by atoms with E-state index in [4.69, 9.17) is 0 Å². The van der Waals surface area contributed by atoms with Gasteiger partial charge in [-0.3, -0.25) is 9.97 Å². The Bertz CT molecular complexity index is 272. The van der Waals surface area contributed by atoms with E-state index in [9.17, 15) is 0 Å². The Balaban J connectivity index is 1.82. The van der Waals surface area contributed by atoms with Gasteiger partial charge < -0.3 is 0 Å². The van der Waals surface area contributed by atoms with E-state index in [1.165, 1.54) is 64.2 Å². The minimum absolute atomic E-state index is 1.09. The van der Waals surface area contributed by atoms with Gasteiger partial charge in [0.25, 0.3) is 0 Å². The molecule has 0 radical (unpaired) electrons. The maximum Gasteiger partial charge on any atom is 0.0586 e. The number of hydrogen-bond acceptors (Lipinski definition) is 2. The van der Waals surface area contributed by atoms with Gasteiger partial charge in [-0.15, -0.1) is 0 Å². The molecule has 0 aromatic carbocycles. The number of aryl methyl sites for hydroxylation is 1. The Morgan fingerprint density at radius 1 is 0.778 bits per heavy atom. The first-order valence-electron chi connectivity index (χ1n) is 7.68. The lowest BCUT2D eigenvalue weighted by Gasteiger charge is -2.02. The van der Waals surface area contributed by atoms with Crippen molar-refractivity contribution in [3.8, 4) is 0 Å². The zero-order valence-electron chi connectivity index (χ0n) is 11.9.